The zero-order valence-corrected chi connectivity index (χ0v) is 47.5. The summed E-state index contributed by atoms with van der Waals surface area (Å²) in [5.74, 6) is -0.0673. The molecule has 0 aliphatic rings. The largest absolute Gasteiger partial charge is 0.466 e. The second kappa shape index (κ2) is 60.2. The molecule has 0 radical (unpaired) electrons. The molecule has 6 heteroatoms. The van der Waals surface area contributed by atoms with Crippen LogP contribution in [0.2, 0.25) is 0 Å². The summed E-state index contributed by atoms with van der Waals surface area (Å²) in [6, 6.07) is -0.562. The molecule has 0 bridgehead atoms. The first kappa shape index (κ1) is 68.6. The molecule has 0 aliphatic carbocycles. The monoisotopic (exact) mass is 988 g/mol. The highest BCUT2D eigenvalue weighted by Gasteiger charge is 2.20. The highest BCUT2D eigenvalue weighted by Crippen LogP contribution is 2.18. The minimum atomic E-state index is -0.682. The summed E-state index contributed by atoms with van der Waals surface area (Å²) < 4.78 is 5.49. The van der Waals surface area contributed by atoms with Crippen LogP contribution in [0.1, 0.15) is 361 Å². The summed E-state index contributed by atoms with van der Waals surface area (Å²) in [5.41, 5.74) is 0. The molecule has 6 nitrogen and oxygen atoms in total. The van der Waals surface area contributed by atoms with Gasteiger partial charge in [-0.2, -0.15) is 0 Å². The van der Waals surface area contributed by atoms with Gasteiger partial charge in [0.2, 0.25) is 5.91 Å². The van der Waals surface area contributed by atoms with E-state index in [0.29, 0.717) is 25.9 Å². The quantitative estimate of drug-likeness (QED) is 0.0321. The van der Waals surface area contributed by atoms with Crippen molar-refractivity contribution >= 4 is 11.9 Å². The van der Waals surface area contributed by atoms with Gasteiger partial charge in [-0.1, -0.05) is 309 Å². The lowest BCUT2D eigenvalue weighted by atomic mass is 10.0. The van der Waals surface area contributed by atoms with Crippen molar-refractivity contribution in [3.05, 3.63) is 12.2 Å². The molecule has 0 aliphatic heterocycles. The van der Waals surface area contributed by atoms with Crippen LogP contribution in [-0.4, -0.2) is 47.4 Å². The Hall–Kier alpha value is -1.40. The van der Waals surface area contributed by atoms with Crippen molar-refractivity contribution in [2.24, 2.45) is 0 Å². The van der Waals surface area contributed by atoms with E-state index in [2.05, 4.69) is 31.3 Å². The first-order chi connectivity index (χ1) is 34.5. The Kier molecular flexibility index (Phi) is 59.0. The number of ether oxygens (including phenoxy) is 1. The van der Waals surface area contributed by atoms with Crippen molar-refractivity contribution in [3.8, 4) is 0 Å². The van der Waals surface area contributed by atoms with Crippen molar-refractivity contribution in [1.82, 2.24) is 5.32 Å². The van der Waals surface area contributed by atoms with Crippen LogP contribution in [0.4, 0.5) is 0 Å². The molecule has 0 aromatic heterocycles. The molecule has 0 saturated carbocycles. The van der Waals surface area contributed by atoms with Gasteiger partial charge in [-0.05, 0) is 51.4 Å². The van der Waals surface area contributed by atoms with E-state index >= 15 is 0 Å². The van der Waals surface area contributed by atoms with Gasteiger partial charge >= 0.3 is 5.97 Å². The molecule has 0 fully saturated rings. The summed E-state index contributed by atoms with van der Waals surface area (Å²) in [6.07, 6.45) is 72.2. The van der Waals surface area contributed by atoms with E-state index < -0.39 is 12.1 Å². The number of allylic oxidation sites excluding steroid dienone is 2. The minimum absolute atomic E-state index is 0.00688. The third-order valence-corrected chi connectivity index (χ3v) is 15.1. The fourth-order valence-corrected chi connectivity index (χ4v) is 10.2. The minimum Gasteiger partial charge on any atom is -0.466 e. The number of unbranched alkanes of at least 4 members (excludes halogenated alkanes) is 47. The van der Waals surface area contributed by atoms with Crippen LogP contribution in [0.25, 0.3) is 0 Å². The zero-order chi connectivity index (χ0) is 50.7. The van der Waals surface area contributed by atoms with E-state index in [1.807, 2.05) is 0 Å². The Bertz CT molecular complexity index is 1050. The second-order valence-corrected chi connectivity index (χ2v) is 22.1. The Balaban J connectivity index is 3.45. The van der Waals surface area contributed by atoms with Crippen LogP contribution in [-0.2, 0) is 14.3 Å². The number of aliphatic hydroxyl groups is 2. The standard InChI is InChI=1S/C64H125NO5/c1-3-5-7-9-11-13-15-17-19-21-23-24-25-26-27-29-32-36-40-44-48-52-56-62(67)61(60-66)65-63(68)57-53-49-45-41-37-33-31-35-39-43-47-51-55-59-70-64(69)58-54-50-46-42-38-34-30-28-22-20-18-16-14-12-10-8-6-4-2/h33,37,61-62,66-67H,3-32,34-36,38-60H2,1-2H3,(H,65,68)/b37-33-. The van der Waals surface area contributed by atoms with Crippen LogP contribution in [0, 0.1) is 0 Å². The third-order valence-electron chi connectivity index (χ3n) is 15.1. The molecule has 3 N–H and O–H groups in total. The van der Waals surface area contributed by atoms with Gasteiger partial charge < -0.3 is 20.3 Å². The number of rotatable bonds is 60. The predicted molar refractivity (Wildman–Crippen MR) is 306 cm³/mol. The van der Waals surface area contributed by atoms with E-state index in [0.717, 1.165) is 70.6 Å². The van der Waals surface area contributed by atoms with Crippen molar-refractivity contribution < 1.29 is 24.5 Å². The van der Waals surface area contributed by atoms with Crippen molar-refractivity contribution in [1.29, 1.82) is 0 Å². The van der Waals surface area contributed by atoms with Crippen LogP contribution >= 0.6 is 0 Å². The number of hydrogen-bond acceptors (Lipinski definition) is 5. The van der Waals surface area contributed by atoms with E-state index in [9.17, 15) is 19.8 Å². The number of aliphatic hydroxyl groups excluding tert-OH is 2. The fourth-order valence-electron chi connectivity index (χ4n) is 10.2. The lowest BCUT2D eigenvalue weighted by Crippen LogP contribution is -2.45. The van der Waals surface area contributed by atoms with Crippen molar-refractivity contribution in [2.75, 3.05) is 13.2 Å². The molecule has 2 atom stereocenters. The Morgan fingerprint density at radius 2 is 0.671 bits per heavy atom. The molecule has 2 unspecified atom stereocenters. The number of amides is 1. The zero-order valence-electron chi connectivity index (χ0n) is 47.5. The van der Waals surface area contributed by atoms with Gasteiger partial charge in [-0.15, -0.1) is 0 Å². The molecule has 416 valence electrons. The normalized spacial score (nSPS) is 12.6. The Morgan fingerprint density at radius 3 is 1.03 bits per heavy atom. The van der Waals surface area contributed by atoms with Gasteiger partial charge in [0.1, 0.15) is 0 Å². The molecular weight excluding hydrogens is 863 g/mol. The molecule has 70 heavy (non-hydrogen) atoms. The van der Waals surface area contributed by atoms with Gasteiger partial charge in [-0.25, -0.2) is 0 Å². The van der Waals surface area contributed by atoms with Crippen LogP contribution in [0.3, 0.4) is 0 Å². The van der Waals surface area contributed by atoms with E-state index in [4.69, 9.17) is 4.74 Å². The molecule has 0 aromatic carbocycles. The lowest BCUT2D eigenvalue weighted by molar-refractivity contribution is -0.143. The maximum atomic E-state index is 12.5. The maximum absolute atomic E-state index is 12.5. The molecule has 1 amide bonds. The van der Waals surface area contributed by atoms with Gasteiger partial charge in [0, 0.05) is 12.8 Å². The second-order valence-electron chi connectivity index (χ2n) is 22.1. The van der Waals surface area contributed by atoms with Crippen LogP contribution < -0.4 is 5.32 Å². The first-order valence-electron chi connectivity index (χ1n) is 31.9. The maximum Gasteiger partial charge on any atom is 0.305 e. The number of esters is 1. The average molecular weight is 989 g/mol. The molecule has 0 aromatic rings. The van der Waals surface area contributed by atoms with Crippen molar-refractivity contribution in [2.45, 2.75) is 373 Å². The van der Waals surface area contributed by atoms with Crippen LogP contribution in [0.5, 0.6) is 0 Å². The number of carbonyl (C=O) groups excluding carboxylic acids is 2. The molecule has 0 heterocycles. The summed E-state index contributed by atoms with van der Waals surface area (Å²) in [7, 11) is 0. The van der Waals surface area contributed by atoms with Gasteiger partial charge in [0.05, 0.1) is 25.4 Å². The SMILES string of the molecule is CCCCCCCCCCCCCCCCCCCCCCCCC(O)C(CO)NC(=O)CCCCC/C=C\CCCCCCCCOC(=O)CCCCCCCCCCCCCCCCCCCC. The van der Waals surface area contributed by atoms with Crippen LogP contribution in [0.15, 0.2) is 12.2 Å². The molecule has 0 spiro atoms. The van der Waals surface area contributed by atoms with E-state index in [-0.39, 0.29) is 18.5 Å². The summed E-state index contributed by atoms with van der Waals surface area (Å²) >= 11 is 0. The summed E-state index contributed by atoms with van der Waals surface area (Å²) in [6.45, 7) is 4.95. The van der Waals surface area contributed by atoms with E-state index in [1.54, 1.807) is 0 Å². The number of hydrogen-bond donors (Lipinski definition) is 3. The third kappa shape index (κ3) is 55.9. The van der Waals surface area contributed by atoms with Gasteiger partial charge in [0.25, 0.3) is 0 Å². The first-order valence-corrected chi connectivity index (χ1v) is 31.9. The Morgan fingerprint density at radius 1 is 0.386 bits per heavy atom. The predicted octanol–water partition coefficient (Wildman–Crippen LogP) is 20.0. The van der Waals surface area contributed by atoms with E-state index in [1.165, 1.54) is 257 Å². The van der Waals surface area contributed by atoms with Crippen molar-refractivity contribution in [3.63, 3.8) is 0 Å². The molecule has 0 saturated heterocycles. The summed E-state index contributed by atoms with van der Waals surface area (Å²) in [4.78, 5) is 24.6. The number of carbonyl (C=O) groups is 2. The molecule has 0 rings (SSSR count). The van der Waals surface area contributed by atoms with Gasteiger partial charge in [0.15, 0.2) is 0 Å². The van der Waals surface area contributed by atoms with Gasteiger partial charge in [-0.3, -0.25) is 9.59 Å². The number of nitrogens with one attached hydrogen (secondary N) is 1. The summed E-state index contributed by atoms with van der Waals surface area (Å²) in [5, 5.41) is 23.4. The average Bonchev–Trinajstić information content (AvgIpc) is 3.36. The fraction of sp³-hybridized carbons (Fsp3) is 0.938. The Labute approximate surface area is 438 Å². The highest BCUT2D eigenvalue weighted by atomic mass is 16.5. The highest BCUT2D eigenvalue weighted by molar-refractivity contribution is 5.76. The molecular formula is C64H125NO5. The topological polar surface area (TPSA) is 95.9 Å². The smallest absolute Gasteiger partial charge is 0.305 e. The lowest BCUT2D eigenvalue weighted by Gasteiger charge is -2.22.